The number of hydrogen-bond donors (Lipinski definition) is 1. The molecule has 1 aliphatic heterocycles. The Bertz CT molecular complexity index is 510. The van der Waals surface area contributed by atoms with Crippen LogP contribution in [-0.4, -0.2) is 31.8 Å². The Morgan fingerprint density at radius 2 is 2.35 bits per heavy atom. The van der Waals surface area contributed by atoms with Crippen LogP contribution in [0, 0.1) is 11.7 Å². The van der Waals surface area contributed by atoms with E-state index in [0.717, 1.165) is 25.9 Å². The zero-order valence-electron chi connectivity index (χ0n) is 11.4. The number of halogens is 2. The van der Waals surface area contributed by atoms with E-state index in [1.807, 2.05) is 0 Å². The number of nitrogens with two attached hydrogens (primary N) is 1. The van der Waals surface area contributed by atoms with Gasteiger partial charge in [-0.05, 0) is 46.8 Å². The number of benzene rings is 1. The second-order valence-corrected chi connectivity index (χ2v) is 6.27. The Morgan fingerprint density at radius 1 is 1.60 bits per heavy atom. The van der Waals surface area contributed by atoms with Crippen molar-refractivity contribution in [2.24, 2.45) is 11.7 Å². The predicted molar refractivity (Wildman–Crippen MR) is 86.8 cm³/mol. The van der Waals surface area contributed by atoms with Gasteiger partial charge in [-0.3, -0.25) is 0 Å². The highest BCUT2D eigenvalue weighted by Crippen LogP contribution is 2.32. The largest absolute Gasteiger partial charge is 0.389 e. The first-order chi connectivity index (χ1) is 9.54. The zero-order valence-corrected chi connectivity index (χ0v) is 13.8. The van der Waals surface area contributed by atoms with Crippen LogP contribution in [0.15, 0.2) is 16.6 Å². The molecule has 6 heteroatoms. The molecule has 1 unspecified atom stereocenters. The van der Waals surface area contributed by atoms with Crippen LogP contribution in [0.3, 0.4) is 0 Å². The molecule has 1 aliphatic rings. The second-order valence-electron chi connectivity index (χ2n) is 5.03. The van der Waals surface area contributed by atoms with Crippen molar-refractivity contribution in [3.8, 4) is 0 Å². The van der Waals surface area contributed by atoms with Gasteiger partial charge in [-0.2, -0.15) is 0 Å². The first-order valence-corrected chi connectivity index (χ1v) is 7.76. The van der Waals surface area contributed by atoms with Gasteiger partial charge in [0.2, 0.25) is 0 Å². The van der Waals surface area contributed by atoms with Gasteiger partial charge in [0, 0.05) is 25.8 Å². The van der Waals surface area contributed by atoms with Crippen LogP contribution in [0.25, 0.3) is 0 Å². The molecule has 0 amide bonds. The molecule has 0 aromatic heterocycles. The lowest BCUT2D eigenvalue weighted by molar-refractivity contribution is 0.143. The predicted octanol–water partition coefficient (Wildman–Crippen LogP) is 3.09. The molecule has 1 saturated heterocycles. The van der Waals surface area contributed by atoms with Crippen molar-refractivity contribution in [1.29, 1.82) is 0 Å². The number of anilines is 1. The fraction of sp³-hybridized carbons (Fsp3) is 0.500. The van der Waals surface area contributed by atoms with Crippen molar-refractivity contribution in [2.45, 2.75) is 12.8 Å². The van der Waals surface area contributed by atoms with Gasteiger partial charge in [0.25, 0.3) is 0 Å². The van der Waals surface area contributed by atoms with Crippen molar-refractivity contribution in [3.63, 3.8) is 0 Å². The minimum atomic E-state index is -0.298. The van der Waals surface area contributed by atoms with Crippen molar-refractivity contribution in [3.05, 3.63) is 28.0 Å². The van der Waals surface area contributed by atoms with E-state index in [1.54, 1.807) is 19.2 Å². The van der Waals surface area contributed by atoms with Crippen LogP contribution in [-0.2, 0) is 4.74 Å². The summed E-state index contributed by atoms with van der Waals surface area (Å²) >= 11 is 8.16. The van der Waals surface area contributed by atoms with Gasteiger partial charge in [0.1, 0.15) is 4.99 Å². The number of ether oxygens (including phenoxy) is 1. The summed E-state index contributed by atoms with van der Waals surface area (Å²) in [7, 11) is 1.70. The lowest BCUT2D eigenvalue weighted by Gasteiger charge is -2.34. The maximum Gasteiger partial charge on any atom is 0.161 e. The molecular formula is C14H18BrFN2OS. The third-order valence-electron chi connectivity index (χ3n) is 3.59. The molecule has 2 rings (SSSR count). The topological polar surface area (TPSA) is 38.5 Å². The highest BCUT2D eigenvalue weighted by molar-refractivity contribution is 9.10. The first kappa shape index (κ1) is 15.7. The van der Waals surface area contributed by atoms with E-state index < -0.39 is 0 Å². The summed E-state index contributed by atoms with van der Waals surface area (Å²) < 4.78 is 20.0. The Kier molecular flexibility index (Phi) is 5.35. The van der Waals surface area contributed by atoms with Gasteiger partial charge in [-0.15, -0.1) is 0 Å². The zero-order chi connectivity index (χ0) is 14.7. The minimum Gasteiger partial charge on any atom is -0.389 e. The summed E-state index contributed by atoms with van der Waals surface area (Å²) in [6.07, 6.45) is 2.17. The minimum absolute atomic E-state index is 0.193. The Morgan fingerprint density at radius 3 is 3.00 bits per heavy atom. The van der Waals surface area contributed by atoms with E-state index in [0.29, 0.717) is 28.2 Å². The van der Waals surface area contributed by atoms with Crippen LogP contribution in [0.2, 0.25) is 0 Å². The number of thiocarbonyl (C=S) groups is 1. The maximum atomic E-state index is 14.5. The van der Waals surface area contributed by atoms with Gasteiger partial charge >= 0.3 is 0 Å². The van der Waals surface area contributed by atoms with Gasteiger partial charge in [-0.1, -0.05) is 12.2 Å². The standard InChI is InChI=1S/C14H18BrFN2OS/c1-19-8-9-3-2-6-18(7-9)11-5-4-10(14(17)20)12(15)13(11)16/h4-5,9H,2-3,6-8H2,1H3,(H2,17,20). The van der Waals surface area contributed by atoms with Crippen LogP contribution in [0.1, 0.15) is 18.4 Å². The van der Waals surface area contributed by atoms with E-state index in [-0.39, 0.29) is 10.8 Å². The normalized spacial score (nSPS) is 19.1. The van der Waals surface area contributed by atoms with Crippen molar-refractivity contribution >= 4 is 38.8 Å². The maximum absolute atomic E-state index is 14.5. The van der Waals surface area contributed by atoms with Crippen LogP contribution in [0.4, 0.5) is 10.1 Å². The quantitative estimate of drug-likeness (QED) is 0.837. The summed E-state index contributed by atoms with van der Waals surface area (Å²) in [5.41, 5.74) is 6.71. The molecule has 0 spiro atoms. The van der Waals surface area contributed by atoms with E-state index in [1.165, 1.54) is 0 Å². The summed E-state index contributed by atoms with van der Waals surface area (Å²) in [4.78, 5) is 2.26. The molecule has 1 aromatic rings. The van der Waals surface area contributed by atoms with Crippen LogP contribution >= 0.6 is 28.1 Å². The van der Waals surface area contributed by atoms with Gasteiger partial charge in [0.15, 0.2) is 5.82 Å². The lowest BCUT2D eigenvalue weighted by atomic mass is 9.98. The summed E-state index contributed by atoms with van der Waals surface area (Å²) in [5, 5.41) is 0. The number of rotatable bonds is 4. The molecule has 0 bridgehead atoms. The average molecular weight is 361 g/mol. The molecule has 0 aliphatic carbocycles. The smallest absolute Gasteiger partial charge is 0.161 e. The molecular weight excluding hydrogens is 343 g/mol. The van der Waals surface area contributed by atoms with Crippen molar-refractivity contribution in [2.75, 3.05) is 31.7 Å². The highest BCUT2D eigenvalue weighted by atomic mass is 79.9. The fourth-order valence-corrected chi connectivity index (χ4v) is 3.48. The van der Waals surface area contributed by atoms with E-state index in [2.05, 4.69) is 20.8 Å². The molecule has 1 heterocycles. The highest BCUT2D eigenvalue weighted by Gasteiger charge is 2.23. The van der Waals surface area contributed by atoms with Gasteiger partial charge in [0.05, 0.1) is 16.8 Å². The molecule has 20 heavy (non-hydrogen) atoms. The van der Waals surface area contributed by atoms with E-state index in [4.69, 9.17) is 22.7 Å². The summed E-state index contributed by atoms with van der Waals surface area (Å²) in [6.45, 7) is 2.38. The van der Waals surface area contributed by atoms with Crippen molar-refractivity contribution in [1.82, 2.24) is 0 Å². The van der Waals surface area contributed by atoms with Gasteiger partial charge < -0.3 is 15.4 Å². The number of piperidine rings is 1. The van der Waals surface area contributed by atoms with Crippen molar-refractivity contribution < 1.29 is 9.13 Å². The number of nitrogens with zero attached hydrogens (tertiary/aromatic N) is 1. The Balaban J connectivity index is 2.24. The Hall–Kier alpha value is -0.720. The second kappa shape index (κ2) is 6.83. The van der Waals surface area contributed by atoms with Crippen LogP contribution in [0.5, 0.6) is 0 Å². The number of methoxy groups -OCH3 is 1. The van der Waals surface area contributed by atoms with E-state index >= 15 is 0 Å². The monoisotopic (exact) mass is 360 g/mol. The molecule has 1 fully saturated rings. The third kappa shape index (κ3) is 3.30. The third-order valence-corrected chi connectivity index (χ3v) is 4.58. The lowest BCUT2D eigenvalue weighted by Crippen LogP contribution is -2.37. The molecule has 3 nitrogen and oxygen atoms in total. The van der Waals surface area contributed by atoms with Gasteiger partial charge in [-0.25, -0.2) is 4.39 Å². The summed E-state index contributed by atoms with van der Waals surface area (Å²) in [6, 6.07) is 3.52. The SMILES string of the molecule is COCC1CCCN(c2ccc(C(N)=S)c(Br)c2F)C1. The number of hydrogen-bond acceptors (Lipinski definition) is 3. The average Bonchev–Trinajstić information content (AvgIpc) is 2.42. The Labute approximate surface area is 132 Å². The fourth-order valence-electron chi connectivity index (χ4n) is 2.63. The molecule has 110 valence electrons. The van der Waals surface area contributed by atoms with Crippen LogP contribution < -0.4 is 10.6 Å². The molecule has 2 N–H and O–H groups in total. The van der Waals surface area contributed by atoms with E-state index in [9.17, 15) is 4.39 Å². The summed E-state index contributed by atoms with van der Waals surface area (Å²) in [5.74, 6) is 0.149. The molecule has 1 aromatic carbocycles. The molecule has 1 atom stereocenters. The molecule has 0 radical (unpaired) electrons. The first-order valence-electron chi connectivity index (χ1n) is 6.56. The molecule has 0 saturated carbocycles.